The van der Waals surface area contributed by atoms with Gasteiger partial charge in [-0.3, -0.25) is 4.79 Å². The first-order chi connectivity index (χ1) is 12.5. The predicted octanol–water partition coefficient (Wildman–Crippen LogP) is 3.93. The third kappa shape index (κ3) is 5.56. The van der Waals surface area contributed by atoms with Gasteiger partial charge in [0.05, 0.1) is 18.1 Å². The van der Waals surface area contributed by atoms with E-state index in [4.69, 9.17) is 4.74 Å². The van der Waals surface area contributed by atoms with Gasteiger partial charge in [-0.05, 0) is 18.4 Å². The molecule has 0 radical (unpaired) electrons. The van der Waals surface area contributed by atoms with E-state index in [-0.39, 0.29) is 18.6 Å². The van der Waals surface area contributed by atoms with Gasteiger partial charge in [0.2, 0.25) is 5.91 Å². The Morgan fingerprint density at radius 3 is 2.62 bits per heavy atom. The van der Waals surface area contributed by atoms with E-state index in [1.807, 2.05) is 30.3 Å². The van der Waals surface area contributed by atoms with E-state index in [1.54, 1.807) is 6.92 Å². The lowest BCUT2D eigenvalue weighted by molar-refractivity contribution is -0.136. The van der Waals surface area contributed by atoms with Crippen LogP contribution in [0.3, 0.4) is 0 Å². The second-order valence-corrected chi connectivity index (χ2v) is 7.19. The van der Waals surface area contributed by atoms with Crippen LogP contribution in [0.15, 0.2) is 30.3 Å². The van der Waals surface area contributed by atoms with Gasteiger partial charge in [0.25, 0.3) is 0 Å². The summed E-state index contributed by atoms with van der Waals surface area (Å²) in [5, 5.41) is 10.4. The smallest absolute Gasteiger partial charge is 0.416 e. The van der Waals surface area contributed by atoms with Crippen molar-refractivity contribution < 1.29 is 19.4 Å². The molecule has 1 aromatic rings. The lowest BCUT2D eigenvalue weighted by Gasteiger charge is -2.25. The molecule has 2 rings (SSSR count). The molecule has 0 aliphatic carbocycles. The van der Waals surface area contributed by atoms with Gasteiger partial charge in [0.15, 0.2) is 0 Å². The first-order valence-corrected chi connectivity index (χ1v) is 9.76. The number of aliphatic hydroxyl groups is 1. The average molecular weight is 361 g/mol. The molecule has 1 aliphatic heterocycles. The van der Waals surface area contributed by atoms with Crippen LogP contribution in [0.1, 0.15) is 57.9 Å². The van der Waals surface area contributed by atoms with Crippen LogP contribution in [-0.2, 0) is 16.0 Å². The first-order valence-electron chi connectivity index (χ1n) is 9.76. The Balaban J connectivity index is 1.91. The molecule has 0 bridgehead atoms. The van der Waals surface area contributed by atoms with Crippen LogP contribution >= 0.6 is 0 Å². The highest BCUT2D eigenvalue weighted by Crippen LogP contribution is 2.22. The van der Waals surface area contributed by atoms with E-state index in [0.29, 0.717) is 12.8 Å². The Kier molecular flexibility index (Phi) is 8.10. The SMILES string of the molecule is CCCCCCC[C@@H](O)[C@H](C)C(=O)N1C(=O)OC[C@@H]1Cc1ccccc1. The molecule has 1 saturated heterocycles. The van der Waals surface area contributed by atoms with Crippen molar-refractivity contribution in [2.45, 2.75) is 70.9 Å². The van der Waals surface area contributed by atoms with Gasteiger partial charge in [0, 0.05) is 0 Å². The van der Waals surface area contributed by atoms with Crippen molar-refractivity contribution >= 4 is 12.0 Å². The van der Waals surface area contributed by atoms with Crippen LogP contribution in [0.25, 0.3) is 0 Å². The number of amides is 2. The number of benzene rings is 1. The highest BCUT2D eigenvalue weighted by Gasteiger charge is 2.41. The molecule has 0 spiro atoms. The second kappa shape index (κ2) is 10.3. The summed E-state index contributed by atoms with van der Waals surface area (Å²) >= 11 is 0. The zero-order valence-electron chi connectivity index (χ0n) is 15.9. The quantitative estimate of drug-likeness (QED) is 0.641. The summed E-state index contributed by atoms with van der Waals surface area (Å²) < 4.78 is 5.11. The Hall–Kier alpha value is -1.88. The number of imide groups is 1. The van der Waals surface area contributed by atoms with Crippen LogP contribution in [0, 0.1) is 5.92 Å². The zero-order chi connectivity index (χ0) is 18.9. The normalized spacial score (nSPS) is 19.3. The van der Waals surface area contributed by atoms with E-state index in [9.17, 15) is 14.7 Å². The number of aliphatic hydroxyl groups excluding tert-OH is 1. The summed E-state index contributed by atoms with van der Waals surface area (Å²) in [7, 11) is 0. The number of carbonyl (C=O) groups excluding carboxylic acids is 2. The third-order valence-corrected chi connectivity index (χ3v) is 5.08. The van der Waals surface area contributed by atoms with E-state index in [2.05, 4.69) is 6.92 Å². The number of cyclic esters (lactones) is 1. The highest BCUT2D eigenvalue weighted by atomic mass is 16.6. The molecule has 1 aromatic carbocycles. The predicted molar refractivity (Wildman–Crippen MR) is 101 cm³/mol. The van der Waals surface area contributed by atoms with Gasteiger partial charge in [-0.2, -0.15) is 0 Å². The maximum Gasteiger partial charge on any atom is 0.416 e. The first kappa shape index (κ1) is 20.4. The maximum absolute atomic E-state index is 12.8. The van der Waals surface area contributed by atoms with Gasteiger partial charge >= 0.3 is 6.09 Å². The monoisotopic (exact) mass is 361 g/mol. The Bertz CT molecular complexity index is 575. The number of rotatable bonds is 10. The molecule has 5 nitrogen and oxygen atoms in total. The molecule has 1 N–H and O–H groups in total. The Morgan fingerprint density at radius 2 is 1.92 bits per heavy atom. The van der Waals surface area contributed by atoms with E-state index < -0.39 is 18.1 Å². The topological polar surface area (TPSA) is 66.8 Å². The second-order valence-electron chi connectivity index (χ2n) is 7.19. The van der Waals surface area contributed by atoms with Crippen LogP contribution in [0.5, 0.6) is 0 Å². The molecule has 2 amide bonds. The largest absolute Gasteiger partial charge is 0.447 e. The average Bonchev–Trinajstić information content (AvgIpc) is 3.01. The number of unbranched alkanes of at least 4 members (excludes halogenated alkanes) is 4. The third-order valence-electron chi connectivity index (χ3n) is 5.08. The van der Waals surface area contributed by atoms with Crippen molar-refractivity contribution in [3.8, 4) is 0 Å². The molecular formula is C21H31NO4. The van der Waals surface area contributed by atoms with Crippen LogP contribution < -0.4 is 0 Å². The minimum absolute atomic E-state index is 0.208. The van der Waals surface area contributed by atoms with Crippen molar-refractivity contribution in [2.75, 3.05) is 6.61 Å². The lowest BCUT2D eigenvalue weighted by Crippen LogP contribution is -2.45. The molecule has 1 heterocycles. The van der Waals surface area contributed by atoms with Gasteiger partial charge in [-0.25, -0.2) is 9.69 Å². The van der Waals surface area contributed by atoms with Gasteiger partial charge in [-0.15, -0.1) is 0 Å². The summed E-state index contributed by atoms with van der Waals surface area (Å²) in [4.78, 5) is 26.1. The summed E-state index contributed by atoms with van der Waals surface area (Å²) in [5.74, 6) is -0.945. The van der Waals surface area contributed by atoms with E-state index in [0.717, 1.165) is 24.8 Å². The molecule has 26 heavy (non-hydrogen) atoms. The molecule has 3 atom stereocenters. The van der Waals surface area contributed by atoms with Crippen molar-refractivity contribution in [1.82, 2.24) is 4.90 Å². The Morgan fingerprint density at radius 1 is 1.23 bits per heavy atom. The summed E-state index contributed by atoms with van der Waals surface area (Å²) in [6.45, 7) is 4.07. The summed E-state index contributed by atoms with van der Waals surface area (Å²) in [6.07, 6.45) is 5.32. The molecule has 0 unspecified atom stereocenters. The Labute approximate surface area is 156 Å². The number of hydrogen-bond donors (Lipinski definition) is 1. The fraction of sp³-hybridized carbons (Fsp3) is 0.619. The standard InChI is InChI=1S/C21H31NO4/c1-3-4-5-6-10-13-19(23)16(2)20(24)22-18(15-26-21(22)25)14-17-11-8-7-9-12-17/h7-9,11-12,16,18-19,23H,3-6,10,13-15H2,1-2H3/t16-,18-,19+/m0/s1. The van der Waals surface area contributed by atoms with Crippen molar-refractivity contribution in [3.05, 3.63) is 35.9 Å². The highest BCUT2D eigenvalue weighted by molar-refractivity contribution is 5.94. The lowest BCUT2D eigenvalue weighted by atomic mass is 9.96. The summed E-state index contributed by atoms with van der Waals surface area (Å²) in [5.41, 5.74) is 1.05. The molecule has 144 valence electrons. The molecule has 5 heteroatoms. The number of hydrogen-bond acceptors (Lipinski definition) is 4. The number of carbonyl (C=O) groups is 2. The molecular weight excluding hydrogens is 330 g/mol. The fourth-order valence-corrected chi connectivity index (χ4v) is 3.36. The van der Waals surface area contributed by atoms with Crippen molar-refractivity contribution in [2.24, 2.45) is 5.92 Å². The maximum atomic E-state index is 12.8. The van der Waals surface area contributed by atoms with E-state index >= 15 is 0 Å². The van der Waals surface area contributed by atoms with Crippen molar-refractivity contribution in [1.29, 1.82) is 0 Å². The van der Waals surface area contributed by atoms with Gasteiger partial charge in [0.1, 0.15) is 6.61 Å². The molecule has 1 aliphatic rings. The number of ether oxygens (including phenoxy) is 1. The molecule has 0 saturated carbocycles. The van der Waals surface area contributed by atoms with Gasteiger partial charge in [-0.1, -0.05) is 76.3 Å². The fourth-order valence-electron chi connectivity index (χ4n) is 3.36. The molecule has 0 aromatic heterocycles. The van der Waals surface area contributed by atoms with Crippen LogP contribution in [-0.4, -0.2) is 40.8 Å². The van der Waals surface area contributed by atoms with Crippen molar-refractivity contribution in [3.63, 3.8) is 0 Å². The van der Waals surface area contributed by atoms with Crippen LogP contribution in [0.2, 0.25) is 0 Å². The minimum Gasteiger partial charge on any atom is -0.447 e. The van der Waals surface area contributed by atoms with Gasteiger partial charge < -0.3 is 9.84 Å². The summed E-state index contributed by atoms with van der Waals surface area (Å²) in [6, 6.07) is 9.44. The number of nitrogens with zero attached hydrogens (tertiary/aromatic N) is 1. The minimum atomic E-state index is -0.727. The molecule has 1 fully saturated rings. The van der Waals surface area contributed by atoms with E-state index in [1.165, 1.54) is 17.7 Å². The zero-order valence-corrected chi connectivity index (χ0v) is 15.9. The van der Waals surface area contributed by atoms with Crippen LogP contribution in [0.4, 0.5) is 4.79 Å².